The normalized spacial score (nSPS) is 9.44. The van der Waals surface area contributed by atoms with Crippen molar-refractivity contribution in [1.29, 1.82) is 0 Å². The number of carbonyl (C=O) groups excluding carboxylic acids is 1. The first kappa shape index (κ1) is 12.2. The quantitative estimate of drug-likeness (QED) is 0.820. The molecule has 1 rings (SSSR count). The first-order valence-electron chi connectivity index (χ1n) is 4.98. The van der Waals surface area contributed by atoms with Crippen LogP contribution in [-0.2, 0) is 0 Å². The zero-order valence-electron chi connectivity index (χ0n) is 9.66. The number of hydrogen-bond acceptors (Lipinski definition) is 3. The van der Waals surface area contributed by atoms with Gasteiger partial charge in [0.05, 0.1) is 19.9 Å². The Kier molecular flexibility index (Phi) is 4.44. The number of amides is 2. The van der Waals surface area contributed by atoms with Gasteiger partial charge in [-0.1, -0.05) is 0 Å². The number of carbonyl (C=O) groups is 1. The molecule has 2 N–H and O–H groups in total. The fourth-order valence-corrected chi connectivity index (χ4v) is 1.24. The number of nitrogens with one attached hydrogen (secondary N) is 2. The summed E-state index contributed by atoms with van der Waals surface area (Å²) in [5, 5.41) is 5.32. The van der Waals surface area contributed by atoms with Gasteiger partial charge in [0.2, 0.25) is 0 Å². The summed E-state index contributed by atoms with van der Waals surface area (Å²) in [6.07, 6.45) is 0. The standard InChI is InChI=1S/C11H16N2O3/c1-4-12-11(14)13-9-7-8(15-2)5-6-10(9)16-3/h5-7H,4H2,1-3H3,(H2,12,13,14). The minimum Gasteiger partial charge on any atom is -0.497 e. The van der Waals surface area contributed by atoms with E-state index in [1.165, 1.54) is 0 Å². The fourth-order valence-electron chi connectivity index (χ4n) is 1.24. The van der Waals surface area contributed by atoms with Gasteiger partial charge in [0, 0.05) is 12.6 Å². The summed E-state index contributed by atoms with van der Waals surface area (Å²) in [4.78, 5) is 11.4. The van der Waals surface area contributed by atoms with E-state index in [-0.39, 0.29) is 6.03 Å². The lowest BCUT2D eigenvalue weighted by Gasteiger charge is -2.11. The molecule has 2 amide bonds. The highest BCUT2D eigenvalue weighted by atomic mass is 16.5. The van der Waals surface area contributed by atoms with Gasteiger partial charge in [0.1, 0.15) is 11.5 Å². The van der Waals surface area contributed by atoms with E-state index in [4.69, 9.17) is 9.47 Å². The molecule has 0 aliphatic heterocycles. The van der Waals surface area contributed by atoms with E-state index in [0.717, 1.165) is 0 Å². The molecule has 0 radical (unpaired) electrons. The number of benzene rings is 1. The van der Waals surface area contributed by atoms with Crippen LogP contribution in [0.3, 0.4) is 0 Å². The molecule has 5 nitrogen and oxygen atoms in total. The average Bonchev–Trinajstić information content (AvgIpc) is 2.29. The second-order valence-corrected chi connectivity index (χ2v) is 3.05. The first-order valence-corrected chi connectivity index (χ1v) is 4.98. The van der Waals surface area contributed by atoms with Gasteiger partial charge in [-0.15, -0.1) is 0 Å². The van der Waals surface area contributed by atoms with Crippen molar-refractivity contribution in [3.05, 3.63) is 18.2 Å². The van der Waals surface area contributed by atoms with Crippen molar-refractivity contribution in [2.45, 2.75) is 6.92 Å². The second-order valence-electron chi connectivity index (χ2n) is 3.05. The van der Waals surface area contributed by atoms with Crippen molar-refractivity contribution >= 4 is 11.7 Å². The molecule has 1 aromatic carbocycles. The largest absolute Gasteiger partial charge is 0.497 e. The van der Waals surface area contributed by atoms with Crippen molar-refractivity contribution in [3.63, 3.8) is 0 Å². The van der Waals surface area contributed by atoms with Gasteiger partial charge in [-0.3, -0.25) is 0 Å². The Morgan fingerprint density at radius 1 is 1.31 bits per heavy atom. The Labute approximate surface area is 94.7 Å². The Bertz CT molecular complexity index is 366. The summed E-state index contributed by atoms with van der Waals surface area (Å²) in [5.74, 6) is 1.25. The van der Waals surface area contributed by atoms with Crippen molar-refractivity contribution in [2.24, 2.45) is 0 Å². The third-order valence-electron chi connectivity index (χ3n) is 1.99. The topological polar surface area (TPSA) is 59.6 Å². The van der Waals surface area contributed by atoms with Crippen LogP contribution in [-0.4, -0.2) is 26.8 Å². The number of ether oxygens (including phenoxy) is 2. The number of methoxy groups -OCH3 is 2. The van der Waals surface area contributed by atoms with Crippen LogP contribution in [0.4, 0.5) is 10.5 Å². The monoisotopic (exact) mass is 224 g/mol. The molecule has 0 aromatic heterocycles. The van der Waals surface area contributed by atoms with Crippen molar-refractivity contribution in [2.75, 3.05) is 26.1 Å². The Morgan fingerprint density at radius 2 is 2.06 bits per heavy atom. The molecule has 0 aliphatic rings. The van der Waals surface area contributed by atoms with Crippen LogP contribution < -0.4 is 20.1 Å². The molecule has 0 saturated carbocycles. The Hall–Kier alpha value is -1.91. The molecular weight excluding hydrogens is 208 g/mol. The molecule has 0 bridgehead atoms. The molecular formula is C11H16N2O3. The maximum atomic E-state index is 11.4. The maximum absolute atomic E-state index is 11.4. The van der Waals surface area contributed by atoms with Crippen LogP contribution in [0, 0.1) is 0 Å². The van der Waals surface area contributed by atoms with Crippen LogP contribution in [0.2, 0.25) is 0 Å². The van der Waals surface area contributed by atoms with Gasteiger partial charge < -0.3 is 20.1 Å². The average molecular weight is 224 g/mol. The smallest absolute Gasteiger partial charge is 0.319 e. The van der Waals surface area contributed by atoms with Crippen molar-refractivity contribution < 1.29 is 14.3 Å². The zero-order valence-corrected chi connectivity index (χ0v) is 9.66. The summed E-state index contributed by atoms with van der Waals surface area (Å²) in [6.45, 7) is 2.42. The number of anilines is 1. The van der Waals surface area contributed by atoms with Crippen LogP contribution in [0.15, 0.2) is 18.2 Å². The lowest BCUT2D eigenvalue weighted by atomic mass is 10.2. The second kappa shape index (κ2) is 5.85. The van der Waals surface area contributed by atoms with Gasteiger partial charge in [-0.2, -0.15) is 0 Å². The van der Waals surface area contributed by atoms with Gasteiger partial charge in [-0.05, 0) is 19.1 Å². The summed E-state index contributed by atoms with van der Waals surface area (Å²) in [6, 6.07) is 4.94. The molecule has 5 heteroatoms. The number of rotatable bonds is 4. The Morgan fingerprint density at radius 3 is 2.62 bits per heavy atom. The molecule has 0 heterocycles. The predicted octanol–water partition coefficient (Wildman–Crippen LogP) is 1.85. The molecule has 88 valence electrons. The highest BCUT2D eigenvalue weighted by molar-refractivity contribution is 5.91. The highest BCUT2D eigenvalue weighted by Crippen LogP contribution is 2.28. The van der Waals surface area contributed by atoms with Crippen LogP contribution >= 0.6 is 0 Å². The summed E-state index contributed by atoms with van der Waals surface area (Å²) >= 11 is 0. The molecule has 0 saturated heterocycles. The van der Waals surface area contributed by atoms with E-state index in [9.17, 15) is 4.79 Å². The molecule has 16 heavy (non-hydrogen) atoms. The summed E-state index contributed by atoms with van der Waals surface area (Å²) in [7, 11) is 3.11. The van der Waals surface area contributed by atoms with Crippen LogP contribution in [0.1, 0.15) is 6.92 Å². The lowest BCUT2D eigenvalue weighted by Crippen LogP contribution is -2.28. The molecule has 1 aromatic rings. The van der Waals surface area contributed by atoms with E-state index >= 15 is 0 Å². The van der Waals surface area contributed by atoms with Crippen LogP contribution in [0.25, 0.3) is 0 Å². The van der Waals surface area contributed by atoms with Gasteiger partial charge in [-0.25, -0.2) is 4.79 Å². The van der Waals surface area contributed by atoms with E-state index in [0.29, 0.717) is 23.7 Å². The van der Waals surface area contributed by atoms with Gasteiger partial charge >= 0.3 is 6.03 Å². The third kappa shape index (κ3) is 3.05. The van der Waals surface area contributed by atoms with Crippen molar-refractivity contribution in [1.82, 2.24) is 5.32 Å². The lowest BCUT2D eigenvalue weighted by molar-refractivity contribution is 0.252. The van der Waals surface area contributed by atoms with E-state index in [2.05, 4.69) is 10.6 Å². The molecule has 0 fully saturated rings. The van der Waals surface area contributed by atoms with E-state index in [1.54, 1.807) is 32.4 Å². The van der Waals surface area contributed by atoms with Gasteiger partial charge in [0.25, 0.3) is 0 Å². The minimum atomic E-state index is -0.269. The van der Waals surface area contributed by atoms with Crippen LogP contribution in [0.5, 0.6) is 11.5 Å². The molecule has 0 unspecified atom stereocenters. The number of hydrogen-bond donors (Lipinski definition) is 2. The predicted molar refractivity (Wildman–Crippen MR) is 62.2 cm³/mol. The SMILES string of the molecule is CCNC(=O)Nc1cc(OC)ccc1OC. The minimum absolute atomic E-state index is 0.269. The fraction of sp³-hybridized carbons (Fsp3) is 0.364. The molecule has 0 atom stereocenters. The molecule has 0 aliphatic carbocycles. The maximum Gasteiger partial charge on any atom is 0.319 e. The third-order valence-corrected chi connectivity index (χ3v) is 1.99. The highest BCUT2D eigenvalue weighted by Gasteiger charge is 2.07. The van der Waals surface area contributed by atoms with E-state index in [1.807, 2.05) is 6.92 Å². The Balaban J connectivity index is 2.86. The van der Waals surface area contributed by atoms with Crippen molar-refractivity contribution in [3.8, 4) is 11.5 Å². The van der Waals surface area contributed by atoms with Gasteiger partial charge in [0.15, 0.2) is 0 Å². The number of urea groups is 1. The molecule has 0 spiro atoms. The zero-order chi connectivity index (χ0) is 12.0. The first-order chi connectivity index (χ1) is 7.71. The van der Waals surface area contributed by atoms with E-state index < -0.39 is 0 Å². The summed E-state index contributed by atoms with van der Waals surface area (Å²) < 4.78 is 10.2. The summed E-state index contributed by atoms with van der Waals surface area (Å²) in [5.41, 5.74) is 0.577.